The lowest BCUT2D eigenvalue weighted by Crippen LogP contribution is -2.37. The van der Waals surface area contributed by atoms with Crippen molar-refractivity contribution < 1.29 is 9.21 Å². The lowest BCUT2D eigenvalue weighted by Gasteiger charge is -2.15. The summed E-state index contributed by atoms with van der Waals surface area (Å²) < 4.78 is 5.54. The van der Waals surface area contributed by atoms with Crippen LogP contribution in [0.5, 0.6) is 0 Å². The van der Waals surface area contributed by atoms with Gasteiger partial charge in [-0.2, -0.15) is 0 Å². The van der Waals surface area contributed by atoms with Crippen LogP contribution in [0.4, 0.5) is 0 Å². The quantitative estimate of drug-likeness (QED) is 0.940. The highest BCUT2D eigenvalue weighted by atomic mass is 16.3. The van der Waals surface area contributed by atoms with Crippen LogP contribution >= 0.6 is 0 Å². The average molecular weight is 286 g/mol. The fourth-order valence-electron chi connectivity index (χ4n) is 3.06. The molecule has 0 radical (unpaired) electrons. The van der Waals surface area contributed by atoms with Crippen LogP contribution in [0.15, 0.2) is 28.7 Å². The fraction of sp³-hybridized carbons (Fsp3) is 0.471. The van der Waals surface area contributed by atoms with Gasteiger partial charge in [-0.15, -0.1) is 0 Å². The molecule has 1 fully saturated rings. The number of nitrogens with one attached hydrogen (secondary N) is 1. The van der Waals surface area contributed by atoms with Gasteiger partial charge in [-0.05, 0) is 50.6 Å². The number of furan rings is 1. The normalized spacial score (nSPS) is 19.2. The molecule has 1 unspecified atom stereocenters. The zero-order valence-electron chi connectivity index (χ0n) is 12.7. The lowest BCUT2D eigenvalue weighted by atomic mass is 10.1. The molecule has 1 aliphatic heterocycles. The van der Waals surface area contributed by atoms with E-state index in [2.05, 4.69) is 17.1 Å². The third-order valence-corrected chi connectivity index (χ3v) is 4.05. The molecule has 0 bridgehead atoms. The number of hydrogen-bond donors (Lipinski definition) is 1. The van der Waals surface area contributed by atoms with E-state index in [1.165, 1.54) is 0 Å². The Hall–Kier alpha value is -1.81. The van der Waals surface area contributed by atoms with Gasteiger partial charge >= 0.3 is 0 Å². The molecule has 1 amide bonds. The first kappa shape index (κ1) is 14.1. The van der Waals surface area contributed by atoms with Crippen LogP contribution in [0.25, 0.3) is 11.0 Å². The second kappa shape index (κ2) is 5.90. The predicted molar refractivity (Wildman–Crippen MR) is 83.6 cm³/mol. The van der Waals surface area contributed by atoms with E-state index in [-0.39, 0.29) is 11.9 Å². The van der Waals surface area contributed by atoms with E-state index in [0.29, 0.717) is 5.56 Å². The van der Waals surface area contributed by atoms with E-state index in [0.717, 1.165) is 49.2 Å². The number of fused-ring (bicyclic) bond motifs is 1. The molecule has 4 nitrogen and oxygen atoms in total. The number of likely N-dealkylation sites (tertiary alicyclic amines) is 1. The molecule has 112 valence electrons. The van der Waals surface area contributed by atoms with Crippen LogP contribution < -0.4 is 5.32 Å². The summed E-state index contributed by atoms with van der Waals surface area (Å²) in [6.45, 7) is 7.27. The molecule has 1 aliphatic rings. The van der Waals surface area contributed by atoms with Gasteiger partial charge in [-0.3, -0.25) is 4.79 Å². The van der Waals surface area contributed by atoms with Gasteiger partial charge in [0.05, 0.1) is 0 Å². The standard InChI is InChI=1S/C17H22N2O2/c1-3-7-19-8-6-15(11-19)18-17(20)13-4-5-16-14(10-13)9-12(2)21-16/h4-5,9-10,15H,3,6-8,11H2,1-2H3,(H,18,20). The largest absolute Gasteiger partial charge is 0.461 e. The van der Waals surface area contributed by atoms with Gasteiger partial charge < -0.3 is 14.6 Å². The van der Waals surface area contributed by atoms with Crippen LogP contribution in [-0.2, 0) is 0 Å². The van der Waals surface area contributed by atoms with Crippen LogP contribution in [0, 0.1) is 6.92 Å². The number of rotatable bonds is 4. The third kappa shape index (κ3) is 3.10. The molecule has 4 heteroatoms. The van der Waals surface area contributed by atoms with Gasteiger partial charge in [0.2, 0.25) is 0 Å². The molecule has 0 aliphatic carbocycles. The summed E-state index contributed by atoms with van der Waals surface area (Å²) in [4.78, 5) is 14.8. The highest BCUT2D eigenvalue weighted by molar-refractivity contribution is 5.98. The minimum Gasteiger partial charge on any atom is -0.461 e. The summed E-state index contributed by atoms with van der Waals surface area (Å²) in [6.07, 6.45) is 2.20. The Labute approximate surface area is 125 Å². The first-order chi connectivity index (χ1) is 10.2. The van der Waals surface area contributed by atoms with Gasteiger partial charge in [-0.25, -0.2) is 0 Å². The number of amides is 1. The Kier molecular flexibility index (Phi) is 3.97. The molecular weight excluding hydrogens is 264 g/mol. The number of nitrogens with zero attached hydrogens (tertiary/aromatic N) is 1. The molecule has 1 saturated heterocycles. The maximum absolute atomic E-state index is 12.4. The topological polar surface area (TPSA) is 45.5 Å². The molecule has 3 rings (SSSR count). The van der Waals surface area contributed by atoms with Crippen LogP contribution in [0.1, 0.15) is 35.9 Å². The van der Waals surface area contributed by atoms with Gasteiger partial charge in [-0.1, -0.05) is 6.92 Å². The lowest BCUT2D eigenvalue weighted by molar-refractivity contribution is 0.0938. The van der Waals surface area contributed by atoms with Gasteiger partial charge in [0, 0.05) is 30.1 Å². The zero-order chi connectivity index (χ0) is 14.8. The van der Waals surface area contributed by atoms with Crippen LogP contribution in [-0.4, -0.2) is 36.5 Å². The number of carbonyl (C=O) groups excluding carboxylic acids is 1. The Morgan fingerprint density at radius 3 is 3.10 bits per heavy atom. The smallest absolute Gasteiger partial charge is 0.251 e. The number of aryl methyl sites for hydroxylation is 1. The van der Waals surface area contributed by atoms with Crippen molar-refractivity contribution in [2.75, 3.05) is 19.6 Å². The van der Waals surface area contributed by atoms with E-state index in [4.69, 9.17) is 4.42 Å². The van der Waals surface area contributed by atoms with Crippen LogP contribution in [0.2, 0.25) is 0 Å². The van der Waals surface area contributed by atoms with Crippen molar-refractivity contribution in [2.45, 2.75) is 32.7 Å². The molecule has 0 saturated carbocycles. The summed E-state index contributed by atoms with van der Waals surface area (Å²) in [5.41, 5.74) is 1.54. The van der Waals surface area contributed by atoms with Crippen molar-refractivity contribution in [2.24, 2.45) is 0 Å². The minimum atomic E-state index is 0.0131. The summed E-state index contributed by atoms with van der Waals surface area (Å²) in [5, 5.41) is 4.13. The maximum atomic E-state index is 12.4. The van der Waals surface area contributed by atoms with Gasteiger partial charge in [0.25, 0.3) is 5.91 Å². The Morgan fingerprint density at radius 1 is 1.43 bits per heavy atom. The summed E-state index contributed by atoms with van der Waals surface area (Å²) in [7, 11) is 0. The zero-order valence-corrected chi connectivity index (χ0v) is 12.7. The first-order valence-electron chi connectivity index (χ1n) is 7.69. The minimum absolute atomic E-state index is 0.0131. The van der Waals surface area contributed by atoms with E-state index in [9.17, 15) is 4.79 Å². The van der Waals surface area contributed by atoms with Crippen LogP contribution in [0.3, 0.4) is 0 Å². The summed E-state index contributed by atoms with van der Waals surface area (Å²) in [6, 6.07) is 7.84. The SMILES string of the molecule is CCCN1CCC(NC(=O)c2ccc3oc(C)cc3c2)C1. The highest BCUT2D eigenvalue weighted by Gasteiger charge is 2.23. The first-order valence-corrected chi connectivity index (χ1v) is 7.69. The highest BCUT2D eigenvalue weighted by Crippen LogP contribution is 2.20. The van der Waals surface area contributed by atoms with Crippen molar-refractivity contribution in [3.63, 3.8) is 0 Å². The average Bonchev–Trinajstić information content (AvgIpc) is 3.03. The Balaban J connectivity index is 1.66. The number of hydrogen-bond acceptors (Lipinski definition) is 3. The second-order valence-corrected chi connectivity index (χ2v) is 5.87. The number of benzene rings is 1. The second-order valence-electron chi connectivity index (χ2n) is 5.87. The molecule has 1 aromatic heterocycles. The van der Waals surface area contributed by atoms with E-state index in [1.807, 2.05) is 31.2 Å². The third-order valence-electron chi connectivity index (χ3n) is 4.05. The molecule has 0 spiro atoms. The maximum Gasteiger partial charge on any atom is 0.251 e. The molecule has 1 aromatic carbocycles. The number of carbonyl (C=O) groups is 1. The molecule has 21 heavy (non-hydrogen) atoms. The predicted octanol–water partition coefficient (Wildman–Crippen LogP) is 2.96. The monoisotopic (exact) mass is 286 g/mol. The fourth-order valence-corrected chi connectivity index (χ4v) is 3.06. The van der Waals surface area contributed by atoms with Crippen molar-refractivity contribution in [3.8, 4) is 0 Å². The molecular formula is C17H22N2O2. The van der Waals surface area contributed by atoms with Crippen molar-refractivity contribution in [3.05, 3.63) is 35.6 Å². The van der Waals surface area contributed by atoms with E-state index < -0.39 is 0 Å². The Bertz CT molecular complexity index is 647. The molecule has 2 heterocycles. The molecule has 1 atom stereocenters. The Morgan fingerprint density at radius 2 is 2.29 bits per heavy atom. The summed E-state index contributed by atoms with van der Waals surface area (Å²) in [5.74, 6) is 0.882. The summed E-state index contributed by atoms with van der Waals surface area (Å²) >= 11 is 0. The van der Waals surface area contributed by atoms with Crippen molar-refractivity contribution in [1.82, 2.24) is 10.2 Å². The van der Waals surface area contributed by atoms with E-state index >= 15 is 0 Å². The van der Waals surface area contributed by atoms with E-state index in [1.54, 1.807) is 0 Å². The molecule has 1 N–H and O–H groups in total. The van der Waals surface area contributed by atoms with Gasteiger partial charge in [0.15, 0.2) is 0 Å². The van der Waals surface area contributed by atoms with Crippen molar-refractivity contribution in [1.29, 1.82) is 0 Å². The van der Waals surface area contributed by atoms with Gasteiger partial charge in [0.1, 0.15) is 11.3 Å². The van der Waals surface area contributed by atoms with Crippen molar-refractivity contribution >= 4 is 16.9 Å². The molecule has 2 aromatic rings.